The first-order valence-corrected chi connectivity index (χ1v) is 9.29. The van der Waals surface area contributed by atoms with Crippen LogP contribution in [0.3, 0.4) is 0 Å². The molecule has 0 saturated heterocycles. The van der Waals surface area contributed by atoms with Crippen LogP contribution in [0.4, 0.5) is 0 Å². The maximum atomic E-state index is 6.31. The lowest BCUT2D eigenvalue weighted by Gasteiger charge is -2.35. The van der Waals surface area contributed by atoms with Gasteiger partial charge in [-0.25, -0.2) is 4.68 Å². The van der Waals surface area contributed by atoms with Crippen molar-refractivity contribution in [1.29, 1.82) is 0 Å². The van der Waals surface area contributed by atoms with Crippen molar-refractivity contribution in [1.82, 2.24) is 25.1 Å². The van der Waals surface area contributed by atoms with Crippen LogP contribution in [0.25, 0.3) is 6.08 Å². The van der Waals surface area contributed by atoms with E-state index in [4.69, 9.17) is 23.2 Å². The summed E-state index contributed by atoms with van der Waals surface area (Å²) in [4.78, 5) is 2.11. The van der Waals surface area contributed by atoms with Crippen molar-refractivity contribution in [3.63, 3.8) is 0 Å². The van der Waals surface area contributed by atoms with E-state index < -0.39 is 0 Å². The molecule has 0 N–H and O–H groups in total. The Balaban J connectivity index is 2.48. The van der Waals surface area contributed by atoms with E-state index in [1.54, 1.807) is 6.07 Å². The van der Waals surface area contributed by atoms with Crippen molar-refractivity contribution < 1.29 is 0 Å². The molecule has 0 aliphatic carbocycles. The number of halogens is 2. The molecule has 5 nitrogen and oxygen atoms in total. The maximum Gasteiger partial charge on any atom is 0.171 e. The lowest BCUT2D eigenvalue weighted by atomic mass is 9.85. The van der Waals surface area contributed by atoms with Crippen LogP contribution in [0.2, 0.25) is 10.0 Å². The predicted molar refractivity (Wildman–Crippen MR) is 109 cm³/mol. The van der Waals surface area contributed by atoms with Gasteiger partial charge in [-0.15, -0.1) is 5.10 Å². The Labute approximate surface area is 166 Å². The fraction of sp³-hybridized carbons (Fsp3) is 0.526. The highest BCUT2D eigenvalue weighted by Crippen LogP contribution is 2.35. The first kappa shape index (κ1) is 20.9. The van der Waals surface area contributed by atoms with Crippen LogP contribution >= 0.6 is 23.2 Å². The van der Waals surface area contributed by atoms with Gasteiger partial charge in [-0.2, -0.15) is 0 Å². The first-order valence-electron chi connectivity index (χ1n) is 8.53. The van der Waals surface area contributed by atoms with Gasteiger partial charge in [0.15, 0.2) is 5.82 Å². The third-order valence-electron chi connectivity index (χ3n) is 4.73. The molecule has 2 aromatic rings. The molecule has 0 aliphatic heterocycles. The fourth-order valence-corrected chi connectivity index (χ4v) is 3.02. The number of rotatable bonds is 5. The van der Waals surface area contributed by atoms with Crippen molar-refractivity contribution in [3.05, 3.63) is 45.7 Å². The molecule has 2 rings (SSSR count). The summed E-state index contributed by atoms with van der Waals surface area (Å²) in [6, 6.07) is 5.44. The Morgan fingerprint density at radius 2 is 1.77 bits per heavy atom. The number of hydrogen-bond donors (Lipinski definition) is 0. The standard InChI is InChI=1S/C19H27Cl2N5/c1-18(2,3)16(11-9-13-8-10-14(20)12-15(13)21)26-17(22-23-24-26)19(4,5)25(6)7/h8-12,16H,1-7H3/b11-9+/t16-/m0/s1. The van der Waals surface area contributed by atoms with E-state index in [2.05, 4.69) is 61.1 Å². The molecule has 0 spiro atoms. The minimum Gasteiger partial charge on any atom is -0.297 e. The van der Waals surface area contributed by atoms with Crippen LogP contribution < -0.4 is 0 Å². The molecule has 0 amide bonds. The summed E-state index contributed by atoms with van der Waals surface area (Å²) in [6.45, 7) is 10.7. The van der Waals surface area contributed by atoms with Crippen LogP contribution in [0.1, 0.15) is 52.0 Å². The van der Waals surface area contributed by atoms with E-state index >= 15 is 0 Å². The monoisotopic (exact) mass is 395 g/mol. The number of benzene rings is 1. The van der Waals surface area contributed by atoms with E-state index in [0.29, 0.717) is 10.0 Å². The lowest BCUT2D eigenvalue weighted by molar-refractivity contribution is 0.163. The number of hydrogen-bond acceptors (Lipinski definition) is 4. The first-order chi connectivity index (χ1) is 11.9. The summed E-state index contributed by atoms with van der Waals surface area (Å²) in [5.41, 5.74) is 0.507. The average Bonchev–Trinajstić information content (AvgIpc) is 2.97. The molecule has 1 heterocycles. The number of allylic oxidation sites excluding steroid dienone is 1. The second-order valence-corrected chi connectivity index (χ2v) is 9.08. The van der Waals surface area contributed by atoms with Gasteiger partial charge >= 0.3 is 0 Å². The highest BCUT2D eigenvalue weighted by atomic mass is 35.5. The summed E-state index contributed by atoms with van der Waals surface area (Å²) < 4.78 is 1.90. The maximum absolute atomic E-state index is 6.31. The zero-order valence-corrected chi connectivity index (χ0v) is 18.0. The molecule has 1 aromatic carbocycles. The summed E-state index contributed by atoms with van der Waals surface area (Å²) in [7, 11) is 4.04. The van der Waals surface area contributed by atoms with E-state index in [9.17, 15) is 0 Å². The summed E-state index contributed by atoms with van der Waals surface area (Å²) >= 11 is 12.3. The predicted octanol–water partition coefficient (Wildman–Crippen LogP) is 5.08. The van der Waals surface area contributed by atoms with E-state index in [-0.39, 0.29) is 17.0 Å². The minimum atomic E-state index is -0.307. The number of tetrazole rings is 1. The van der Waals surface area contributed by atoms with Crippen molar-refractivity contribution in [3.8, 4) is 0 Å². The molecule has 0 aliphatic rings. The summed E-state index contributed by atoms with van der Waals surface area (Å²) in [6.07, 6.45) is 4.10. The molecule has 26 heavy (non-hydrogen) atoms. The highest BCUT2D eigenvalue weighted by molar-refractivity contribution is 6.35. The van der Waals surface area contributed by atoms with Crippen molar-refractivity contribution >= 4 is 29.3 Å². The van der Waals surface area contributed by atoms with Crippen LogP contribution in [0.15, 0.2) is 24.3 Å². The van der Waals surface area contributed by atoms with Gasteiger partial charge < -0.3 is 0 Å². The van der Waals surface area contributed by atoms with Crippen molar-refractivity contribution in [2.24, 2.45) is 5.41 Å². The Kier molecular flexibility index (Phi) is 6.16. The molecule has 0 fully saturated rings. The largest absolute Gasteiger partial charge is 0.297 e. The molecule has 142 valence electrons. The summed E-state index contributed by atoms with van der Waals surface area (Å²) in [5.74, 6) is 0.814. The third kappa shape index (κ3) is 4.45. The topological polar surface area (TPSA) is 46.8 Å². The Morgan fingerprint density at radius 1 is 1.12 bits per heavy atom. The van der Waals surface area contributed by atoms with Gasteiger partial charge in [-0.1, -0.05) is 62.2 Å². The second kappa shape index (κ2) is 7.67. The van der Waals surface area contributed by atoms with E-state index in [0.717, 1.165) is 11.4 Å². The Bertz CT molecular complexity index is 787. The van der Waals surface area contributed by atoms with Crippen molar-refractivity contribution in [2.75, 3.05) is 14.1 Å². The average molecular weight is 396 g/mol. The lowest BCUT2D eigenvalue weighted by Crippen LogP contribution is -2.40. The van der Waals surface area contributed by atoms with Gasteiger partial charge in [0, 0.05) is 10.0 Å². The zero-order chi connectivity index (χ0) is 19.7. The molecule has 0 radical (unpaired) electrons. The highest BCUT2D eigenvalue weighted by Gasteiger charge is 2.35. The van der Waals surface area contributed by atoms with Crippen LogP contribution in [0, 0.1) is 5.41 Å². The normalized spacial score (nSPS) is 14.4. The fourth-order valence-electron chi connectivity index (χ4n) is 2.55. The molecular weight excluding hydrogens is 369 g/mol. The molecule has 0 saturated carbocycles. The van der Waals surface area contributed by atoms with Crippen LogP contribution in [-0.4, -0.2) is 39.2 Å². The minimum absolute atomic E-state index is 0.0431. The number of nitrogens with zero attached hydrogens (tertiary/aromatic N) is 5. The van der Waals surface area contributed by atoms with Crippen LogP contribution in [-0.2, 0) is 5.54 Å². The summed E-state index contributed by atoms with van der Waals surface area (Å²) in [5, 5.41) is 13.8. The zero-order valence-electron chi connectivity index (χ0n) is 16.5. The van der Waals surface area contributed by atoms with Gasteiger partial charge in [-0.3, -0.25) is 4.90 Å². The molecule has 0 bridgehead atoms. The van der Waals surface area contributed by atoms with Gasteiger partial charge in [-0.05, 0) is 61.5 Å². The third-order valence-corrected chi connectivity index (χ3v) is 5.29. The molecule has 0 unspecified atom stereocenters. The molecule has 1 aromatic heterocycles. The van der Waals surface area contributed by atoms with Gasteiger partial charge in [0.25, 0.3) is 0 Å². The van der Waals surface area contributed by atoms with Gasteiger partial charge in [0.2, 0.25) is 0 Å². The van der Waals surface area contributed by atoms with E-state index in [1.165, 1.54) is 0 Å². The molecular formula is C19H27Cl2N5. The molecule has 1 atom stereocenters. The van der Waals surface area contributed by atoms with Crippen molar-refractivity contribution in [2.45, 2.75) is 46.2 Å². The second-order valence-electron chi connectivity index (χ2n) is 8.24. The molecule has 7 heteroatoms. The SMILES string of the molecule is CN(C)C(C)(C)c1nnnn1[C@@H](/C=C/c1ccc(Cl)cc1Cl)C(C)(C)C. The Morgan fingerprint density at radius 3 is 2.31 bits per heavy atom. The van der Waals surface area contributed by atoms with Crippen LogP contribution in [0.5, 0.6) is 0 Å². The van der Waals surface area contributed by atoms with E-state index in [1.807, 2.05) is 37.0 Å². The van der Waals surface area contributed by atoms with Gasteiger partial charge in [0.1, 0.15) is 0 Å². The van der Waals surface area contributed by atoms with Gasteiger partial charge in [0.05, 0.1) is 11.6 Å². The quantitative estimate of drug-likeness (QED) is 0.707. The Hall–Kier alpha value is -1.43. The number of aromatic nitrogens is 4. The smallest absolute Gasteiger partial charge is 0.171 e.